The topological polar surface area (TPSA) is 105 Å². The fourth-order valence-corrected chi connectivity index (χ4v) is 2.30. The van der Waals surface area contributed by atoms with Crippen molar-refractivity contribution in [2.75, 3.05) is 12.3 Å². The Morgan fingerprint density at radius 3 is 2.42 bits per heavy atom. The van der Waals surface area contributed by atoms with Gasteiger partial charge in [0.05, 0.1) is 6.61 Å². The normalized spacial score (nSPS) is 35.1. The molecule has 7 heteroatoms. The molecule has 1 saturated heterocycles. The number of benzene rings is 1. The lowest BCUT2D eigenvalue weighted by molar-refractivity contribution is -0.198. The summed E-state index contributed by atoms with van der Waals surface area (Å²) in [5.41, 5.74) is 5.40. The second-order valence-corrected chi connectivity index (χ2v) is 4.89. The smallest absolute Gasteiger partial charge is 0.162 e. The number of rotatable bonds is 3. The van der Waals surface area contributed by atoms with Crippen LogP contribution in [0.25, 0.3) is 0 Å². The molecule has 19 heavy (non-hydrogen) atoms. The standard InChI is InChI=1S/C12H17NO5S/c13-6-1-3-7(4-2-6)17-11-10(16)9(15)8(5-14)18-12(11)19/h1-4,8-12,14-16,19H,5,13H2/t8-,9+,10+,11-,12+/m1/s1. The summed E-state index contributed by atoms with van der Waals surface area (Å²) in [5, 5.41) is 28.8. The van der Waals surface area contributed by atoms with Crippen molar-refractivity contribution >= 4 is 18.3 Å². The summed E-state index contributed by atoms with van der Waals surface area (Å²) < 4.78 is 10.8. The lowest BCUT2D eigenvalue weighted by atomic mass is 10.00. The van der Waals surface area contributed by atoms with Crippen LogP contribution in [0.4, 0.5) is 5.69 Å². The molecule has 0 saturated carbocycles. The van der Waals surface area contributed by atoms with Crippen molar-refractivity contribution in [3.8, 4) is 5.75 Å². The first-order valence-corrected chi connectivity index (χ1v) is 6.37. The molecular formula is C12H17NO5S. The van der Waals surface area contributed by atoms with Crippen LogP contribution in [-0.4, -0.2) is 51.8 Å². The van der Waals surface area contributed by atoms with E-state index in [-0.39, 0.29) is 0 Å². The van der Waals surface area contributed by atoms with E-state index in [4.69, 9.17) is 20.3 Å². The predicted molar refractivity (Wildman–Crippen MR) is 72.0 cm³/mol. The molecule has 1 aromatic rings. The zero-order valence-electron chi connectivity index (χ0n) is 10.1. The van der Waals surface area contributed by atoms with Gasteiger partial charge >= 0.3 is 0 Å². The maximum absolute atomic E-state index is 9.99. The van der Waals surface area contributed by atoms with Crippen LogP contribution in [0.5, 0.6) is 5.75 Å². The van der Waals surface area contributed by atoms with Crippen LogP contribution in [0.15, 0.2) is 24.3 Å². The van der Waals surface area contributed by atoms with Crippen molar-refractivity contribution in [3.63, 3.8) is 0 Å². The van der Waals surface area contributed by atoms with E-state index < -0.39 is 36.5 Å². The summed E-state index contributed by atoms with van der Waals surface area (Å²) in [4.78, 5) is 0. The van der Waals surface area contributed by atoms with E-state index in [2.05, 4.69) is 12.6 Å². The van der Waals surface area contributed by atoms with E-state index in [1.54, 1.807) is 24.3 Å². The molecule has 1 heterocycles. The highest BCUT2D eigenvalue weighted by Crippen LogP contribution is 2.27. The van der Waals surface area contributed by atoms with Crippen molar-refractivity contribution in [2.45, 2.75) is 29.9 Å². The highest BCUT2D eigenvalue weighted by atomic mass is 32.1. The Morgan fingerprint density at radius 1 is 1.21 bits per heavy atom. The molecule has 6 nitrogen and oxygen atoms in total. The van der Waals surface area contributed by atoms with E-state index >= 15 is 0 Å². The monoisotopic (exact) mass is 287 g/mol. The summed E-state index contributed by atoms with van der Waals surface area (Å²) in [5.74, 6) is 0.482. The Hall–Kier alpha value is -0.990. The Labute approximate surface area is 116 Å². The van der Waals surface area contributed by atoms with Gasteiger partial charge in [-0.05, 0) is 24.3 Å². The lowest BCUT2D eigenvalue weighted by Crippen LogP contribution is -2.58. The molecule has 1 aliphatic rings. The zero-order valence-corrected chi connectivity index (χ0v) is 11.0. The minimum Gasteiger partial charge on any atom is -0.484 e. The number of hydrogen-bond acceptors (Lipinski definition) is 7. The molecule has 1 aromatic carbocycles. The summed E-state index contributed by atoms with van der Waals surface area (Å²) in [6.07, 6.45) is -4.15. The third-order valence-electron chi connectivity index (χ3n) is 2.99. The second-order valence-electron chi connectivity index (χ2n) is 4.38. The number of nitrogen functional groups attached to an aromatic ring is 1. The van der Waals surface area contributed by atoms with Gasteiger partial charge < -0.3 is 30.5 Å². The van der Waals surface area contributed by atoms with E-state index in [0.29, 0.717) is 11.4 Å². The number of ether oxygens (including phenoxy) is 2. The van der Waals surface area contributed by atoms with Gasteiger partial charge in [0.1, 0.15) is 29.5 Å². The zero-order chi connectivity index (χ0) is 14.0. The van der Waals surface area contributed by atoms with Gasteiger partial charge in [-0.1, -0.05) is 0 Å². The Morgan fingerprint density at radius 2 is 1.84 bits per heavy atom. The predicted octanol–water partition coefficient (Wildman–Crippen LogP) is -0.615. The number of aliphatic hydroxyl groups is 3. The molecule has 0 spiro atoms. The van der Waals surface area contributed by atoms with Crippen LogP contribution >= 0.6 is 12.6 Å². The van der Waals surface area contributed by atoms with E-state index in [9.17, 15) is 10.2 Å². The van der Waals surface area contributed by atoms with Crippen LogP contribution in [0, 0.1) is 0 Å². The summed E-state index contributed by atoms with van der Waals surface area (Å²) >= 11 is 4.17. The van der Waals surface area contributed by atoms with Gasteiger partial charge in [0, 0.05) is 5.69 Å². The van der Waals surface area contributed by atoms with Crippen molar-refractivity contribution in [2.24, 2.45) is 0 Å². The van der Waals surface area contributed by atoms with Crippen LogP contribution in [0.2, 0.25) is 0 Å². The number of hydrogen-bond donors (Lipinski definition) is 5. The van der Waals surface area contributed by atoms with Crippen LogP contribution in [0.1, 0.15) is 0 Å². The molecule has 0 bridgehead atoms. The van der Waals surface area contributed by atoms with Crippen molar-refractivity contribution in [1.82, 2.24) is 0 Å². The average Bonchev–Trinajstić information content (AvgIpc) is 2.41. The average molecular weight is 287 g/mol. The molecule has 0 unspecified atom stereocenters. The Bertz CT molecular complexity index is 415. The van der Waals surface area contributed by atoms with E-state index in [1.165, 1.54) is 0 Å². The second kappa shape index (κ2) is 5.98. The molecule has 2 rings (SSSR count). The van der Waals surface area contributed by atoms with E-state index in [0.717, 1.165) is 0 Å². The van der Waals surface area contributed by atoms with Gasteiger partial charge in [-0.25, -0.2) is 0 Å². The Kier molecular flexibility index (Phi) is 4.54. The summed E-state index contributed by atoms with van der Waals surface area (Å²) in [7, 11) is 0. The van der Waals surface area contributed by atoms with Gasteiger partial charge in [0.2, 0.25) is 0 Å². The molecule has 0 amide bonds. The van der Waals surface area contributed by atoms with Gasteiger partial charge in [-0.3, -0.25) is 0 Å². The lowest BCUT2D eigenvalue weighted by Gasteiger charge is -2.40. The third kappa shape index (κ3) is 3.13. The number of nitrogens with two attached hydrogens (primary N) is 1. The number of thiol groups is 1. The summed E-state index contributed by atoms with van der Waals surface area (Å²) in [6.45, 7) is -0.399. The molecule has 106 valence electrons. The molecule has 0 aromatic heterocycles. The maximum Gasteiger partial charge on any atom is 0.162 e. The Balaban J connectivity index is 2.09. The maximum atomic E-state index is 9.99. The summed E-state index contributed by atoms with van der Waals surface area (Å²) in [6, 6.07) is 6.61. The fraction of sp³-hybridized carbons (Fsp3) is 0.500. The van der Waals surface area contributed by atoms with Crippen LogP contribution in [0.3, 0.4) is 0 Å². The SMILES string of the molecule is Nc1ccc(O[C@@H]2[C@@H](O)[C@@H](O)[C@@H](CO)O[C@H]2S)cc1. The molecule has 1 aliphatic heterocycles. The quantitative estimate of drug-likeness (QED) is 0.375. The molecule has 5 atom stereocenters. The molecule has 0 aliphatic carbocycles. The van der Waals surface area contributed by atoms with Crippen LogP contribution in [-0.2, 0) is 4.74 Å². The first kappa shape index (κ1) is 14.4. The van der Waals surface area contributed by atoms with Crippen molar-refractivity contribution in [1.29, 1.82) is 0 Å². The molecular weight excluding hydrogens is 270 g/mol. The van der Waals surface area contributed by atoms with E-state index in [1.807, 2.05) is 0 Å². The minimum atomic E-state index is -1.23. The molecule has 1 fully saturated rings. The first-order valence-electron chi connectivity index (χ1n) is 5.85. The van der Waals surface area contributed by atoms with Crippen molar-refractivity contribution in [3.05, 3.63) is 24.3 Å². The van der Waals surface area contributed by atoms with Crippen LogP contribution < -0.4 is 10.5 Å². The highest BCUT2D eigenvalue weighted by molar-refractivity contribution is 7.80. The number of aliphatic hydroxyl groups excluding tert-OH is 3. The molecule has 5 N–H and O–H groups in total. The van der Waals surface area contributed by atoms with Crippen molar-refractivity contribution < 1.29 is 24.8 Å². The molecule has 0 radical (unpaired) electrons. The third-order valence-corrected chi connectivity index (χ3v) is 3.41. The van der Waals surface area contributed by atoms with Gasteiger partial charge in [-0.2, -0.15) is 0 Å². The first-order chi connectivity index (χ1) is 9.02. The van der Waals surface area contributed by atoms with Gasteiger partial charge in [0.15, 0.2) is 6.10 Å². The highest BCUT2D eigenvalue weighted by Gasteiger charge is 2.44. The van der Waals surface area contributed by atoms with Gasteiger partial charge in [0.25, 0.3) is 0 Å². The largest absolute Gasteiger partial charge is 0.484 e. The fourth-order valence-electron chi connectivity index (χ4n) is 1.90. The number of anilines is 1. The minimum absolute atomic E-state index is 0.399. The van der Waals surface area contributed by atoms with Gasteiger partial charge in [-0.15, -0.1) is 12.6 Å².